The van der Waals surface area contributed by atoms with Crippen molar-refractivity contribution in [3.63, 3.8) is 0 Å². The van der Waals surface area contributed by atoms with E-state index in [2.05, 4.69) is 4.98 Å². The maximum atomic E-state index is 11.1. The molecular weight excluding hydrogens is 342 g/mol. The van der Waals surface area contributed by atoms with Crippen molar-refractivity contribution in [3.8, 4) is 23.0 Å². The average Bonchev–Trinajstić information content (AvgIpc) is 3.09. The maximum absolute atomic E-state index is 11.1. The number of phenols is 1. The molecule has 3 N–H and O–H groups in total. The van der Waals surface area contributed by atoms with Gasteiger partial charge in [-0.3, -0.25) is 0 Å². The molecule has 0 saturated carbocycles. The quantitative estimate of drug-likeness (QED) is 0.385. The van der Waals surface area contributed by atoms with Gasteiger partial charge in [-0.15, -0.1) is 0 Å². The van der Waals surface area contributed by atoms with Crippen molar-refractivity contribution in [2.75, 3.05) is 14.2 Å². The lowest BCUT2D eigenvalue weighted by molar-refractivity contribution is 0.381. The molecule has 0 aliphatic carbocycles. The molecule has 1 heterocycles. The Balaban J connectivity index is 2.10. The Morgan fingerprint density at radius 3 is 2.26 bits per heavy atom. The highest BCUT2D eigenvalue weighted by molar-refractivity contribution is 6.26. The minimum absolute atomic E-state index is 0.0916. The van der Waals surface area contributed by atoms with Crippen LogP contribution in [0.5, 0.6) is 23.0 Å². The van der Waals surface area contributed by atoms with E-state index in [1.165, 1.54) is 6.20 Å². The first-order valence-corrected chi connectivity index (χ1v) is 8.56. The van der Waals surface area contributed by atoms with Gasteiger partial charge in [-0.2, -0.15) is 0 Å². The first kappa shape index (κ1) is 15.6. The molecule has 0 atom stereocenters. The summed E-state index contributed by atoms with van der Waals surface area (Å²) in [6, 6.07) is 13.7. The smallest absolute Gasteiger partial charge is 0.168 e. The molecule has 0 aliphatic heterocycles. The lowest BCUT2D eigenvalue weighted by Gasteiger charge is -2.15. The predicted octanol–water partition coefficient (Wildman–Crippen LogP) is 5.06. The van der Waals surface area contributed by atoms with Gasteiger partial charge >= 0.3 is 0 Å². The molecule has 5 rings (SSSR count). The summed E-state index contributed by atoms with van der Waals surface area (Å²) in [7, 11) is 3.12. The fraction of sp³-hybridized carbons (Fsp3) is 0.0909. The van der Waals surface area contributed by atoms with Crippen LogP contribution in [-0.2, 0) is 0 Å². The third kappa shape index (κ3) is 1.94. The van der Waals surface area contributed by atoms with Gasteiger partial charge in [0.1, 0.15) is 11.5 Å². The Morgan fingerprint density at radius 2 is 1.52 bits per heavy atom. The SMILES string of the molecule is COc1c(O)c2c(ccc3c2cc(OC)c2c(O)c[nH]c23)c2ccccc12. The van der Waals surface area contributed by atoms with Crippen molar-refractivity contribution >= 4 is 43.2 Å². The van der Waals surface area contributed by atoms with E-state index in [-0.39, 0.29) is 11.5 Å². The number of aromatic amines is 1. The molecule has 0 saturated heterocycles. The molecular formula is C22H17NO4. The number of aromatic nitrogens is 1. The molecule has 0 fully saturated rings. The molecule has 4 aromatic carbocycles. The highest BCUT2D eigenvalue weighted by Crippen LogP contribution is 2.48. The van der Waals surface area contributed by atoms with Crippen molar-refractivity contribution in [1.82, 2.24) is 4.98 Å². The zero-order valence-electron chi connectivity index (χ0n) is 14.8. The summed E-state index contributed by atoms with van der Waals surface area (Å²) >= 11 is 0. The molecule has 134 valence electrons. The summed E-state index contributed by atoms with van der Waals surface area (Å²) in [5.41, 5.74) is 0.760. The summed E-state index contributed by atoms with van der Waals surface area (Å²) in [6.07, 6.45) is 1.54. The van der Waals surface area contributed by atoms with Crippen LogP contribution in [-0.4, -0.2) is 29.4 Å². The van der Waals surface area contributed by atoms with Crippen LogP contribution in [0.15, 0.2) is 48.7 Å². The van der Waals surface area contributed by atoms with Gasteiger partial charge in [0.25, 0.3) is 0 Å². The van der Waals surface area contributed by atoms with Gasteiger partial charge in [0.2, 0.25) is 0 Å². The zero-order valence-corrected chi connectivity index (χ0v) is 14.8. The van der Waals surface area contributed by atoms with E-state index < -0.39 is 0 Å². The van der Waals surface area contributed by atoms with E-state index >= 15 is 0 Å². The normalized spacial score (nSPS) is 11.6. The highest BCUT2D eigenvalue weighted by atomic mass is 16.5. The molecule has 0 spiro atoms. The van der Waals surface area contributed by atoms with Crippen molar-refractivity contribution < 1.29 is 19.7 Å². The van der Waals surface area contributed by atoms with Gasteiger partial charge < -0.3 is 24.7 Å². The summed E-state index contributed by atoms with van der Waals surface area (Å²) in [6.45, 7) is 0. The van der Waals surface area contributed by atoms with E-state index in [1.807, 2.05) is 42.5 Å². The topological polar surface area (TPSA) is 74.7 Å². The fourth-order valence-corrected chi connectivity index (χ4v) is 4.07. The zero-order chi connectivity index (χ0) is 18.7. The van der Waals surface area contributed by atoms with Crippen molar-refractivity contribution in [2.24, 2.45) is 0 Å². The minimum atomic E-state index is 0.0916. The molecule has 0 bridgehead atoms. The number of nitrogens with one attached hydrogen (secondary N) is 1. The highest BCUT2D eigenvalue weighted by Gasteiger charge is 2.20. The third-order valence-electron chi connectivity index (χ3n) is 5.23. The molecule has 0 aliphatic rings. The molecule has 5 aromatic rings. The molecule has 5 nitrogen and oxygen atoms in total. The molecule has 1 aromatic heterocycles. The Morgan fingerprint density at radius 1 is 0.778 bits per heavy atom. The number of H-pyrrole nitrogens is 1. The van der Waals surface area contributed by atoms with Crippen molar-refractivity contribution in [2.45, 2.75) is 0 Å². The van der Waals surface area contributed by atoms with Crippen LogP contribution in [0.3, 0.4) is 0 Å². The molecule has 0 radical (unpaired) electrons. The van der Waals surface area contributed by atoms with Crippen LogP contribution in [0.2, 0.25) is 0 Å². The number of hydrogen-bond donors (Lipinski definition) is 3. The van der Waals surface area contributed by atoms with E-state index in [1.54, 1.807) is 14.2 Å². The Bertz CT molecular complexity index is 1370. The lowest BCUT2D eigenvalue weighted by Crippen LogP contribution is -1.91. The number of phenolic OH excluding ortho intramolecular Hbond substituents is 1. The average molecular weight is 359 g/mol. The van der Waals surface area contributed by atoms with Gasteiger partial charge in [0.15, 0.2) is 11.5 Å². The van der Waals surface area contributed by atoms with Gasteiger partial charge in [-0.1, -0.05) is 36.4 Å². The van der Waals surface area contributed by atoms with Gasteiger partial charge in [0, 0.05) is 22.4 Å². The van der Waals surface area contributed by atoms with Crippen LogP contribution in [0.4, 0.5) is 0 Å². The Labute approximate surface area is 154 Å². The monoisotopic (exact) mass is 359 g/mol. The summed E-state index contributed by atoms with van der Waals surface area (Å²) in [5.74, 6) is 1.20. The number of fused-ring (bicyclic) bond motifs is 7. The third-order valence-corrected chi connectivity index (χ3v) is 5.23. The second kappa shape index (κ2) is 5.45. The largest absolute Gasteiger partial charge is 0.506 e. The molecule has 0 unspecified atom stereocenters. The van der Waals surface area contributed by atoms with Gasteiger partial charge in [-0.05, 0) is 22.2 Å². The van der Waals surface area contributed by atoms with E-state index in [4.69, 9.17) is 9.47 Å². The summed E-state index contributed by atoms with van der Waals surface area (Å²) in [4.78, 5) is 3.11. The van der Waals surface area contributed by atoms with Crippen LogP contribution >= 0.6 is 0 Å². The molecule has 5 heteroatoms. The lowest BCUT2D eigenvalue weighted by atomic mass is 9.94. The van der Waals surface area contributed by atoms with Crippen molar-refractivity contribution in [3.05, 3.63) is 48.7 Å². The minimum Gasteiger partial charge on any atom is -0.506 e. The number of methoxy groups -OCH3 is 2. The van der Waals surface area contributed by atoms with E-state index in [9.17, 15) is 10.2 Å². The first-order valence-electron chi connectivity index (χ1n) is 8.56. The summed E-state index contributed by atoms with van der Waals surface area (Å²) in [5, 5.41) is 27.0. The van der Waals surface area contributed by atoms with Crippen molar-refractivity contribution in [1.29, 1.82) is 0 Å². The number of aromatic hydroxyl groups is 2. The van der Waals surface area contributed by atoms with Gasteiger partial charge in [-0.25, -0.2) is 0 Å². The van der Waals surface area contributed by atoms with Gasteiger partial charge in [0.05, 0.1) is 25.1 Å². The first-order chi connectivity index (χ1) is 13.2. The maximum Gasteiger partial charge on any atom is 0.168 e. The number of rotatable bonds is 2. The number of hydrogen-bond acceptors (Lipinski definition) is 4. The second-order valence-corrected chi connectivity index (χ2v) is 6.51. The second-order valence-electron chi connectivity index (χ2n) is 6.51. The standard InChI is InChI=1S/C22H17NO4/c1-26-17-9-15-13(20-19(17)16(24)10-23-20)8-7-12-11-5-3-4-6-14(11)22(27-2)21(25)18(12)15/h3-10,23-25H,1-2H3. The molecule has 27 heavy (non-hydrogen) atoms. The summed E-state index contributed by atoms with van der Waals surface area (Å²) < 4.78 is 11.0. The van der Waals surface area contributed by atoms with E-state index in [0.29, 0.717) is 22.3 Å². The van der Waals surface area contributed by atoms with Crippen LogP contribution < -0.4 is 9.47 Å². The van der Waals surface area contributed by atoms with Crippen LogP contribution in [0, 0.1) is 0 Å². The fourth-order valence-electron chi connectivity index (χ4n) is 4.07. The number of ether oxygens (including phenoxy) is 2. The van der Waals surface area contributed by atoms with Crippen LogP contribution in [0.25, 0.3) is 43.2 Å². The molecule has 0 amide bonds. The van der Waals surface area contributed by atoms with E-state index in [0.717, 1.165) is 32.4 Å². The Hall–Kier alpha value is -3.60. The Kier molecular flexibility index (Phi) is 3.15. The number of benzene rings is 4. The predicted molar refractivity (Wildman–Crippen MR) is 107 cm³/mol. The van der Waals surface area contributed by atoms with Crippen LogP contribution in [0.1, 0.15) is 0 Å².